The van der Waals surface area contributed by atoms with E-state index in [1.807, 2.05) is 0 Å². The van der Waals surface area contributed by atoms with Gasteiger partial charge in [0.05, 0.1) is 17.8 Å². The smallest absolute Gasteiger partial charge is 0.335 e. The zero-order valence-electron chi connectivity index (χ0n) is 13.1. The standard InChI is InChI=1S/C17H21FO4/c1-16(2,3)17(9-11-5-7-14(17)21-11)22-13-8-10(15(19)20)4-6-12(13)18/h4,6,8,11,14H,5,7,9H2,1-3H3,(H,19,20). The molecule has 0 spiro atoms. The van der Waals surface area contributed by atoms with Crippen molar-refractivity contribution in [3.63, 3.8) is 0 Å². The van der Waals surface area contributed by atoms with Crippen molar-refractivity contribution < 1.29 is 23.8 Å². The van der Waals surface area contributed by atoms with Crippen LogP contribution in [0.5, 0.6) is 5.75 Å². The Hall–Kier alpha value is -1.62. The molecule has 3 unspecified atom stereocenters. The minimum absolute atomic E-state index is 0.00836. The fourth-order valence-electron chi connectivity index (χ4n) is 3.63. The number of carboxylic acids is 1. The zero-order valence-corrected chi connectivity index (χ0v) is 13.1. The van der Waals surface area contributed by atoms with Crippen LogP contribution < -0.4 is 4.74 Å². The molecule has 2 aliphatic heterocycles. The van der Waals surface area contributed by atoms with Gasteiger partial charge in [0.25, 0.3) is 0 Å². The Morgan fingerprint density at radius 1 is 1.41 bits per heavy atom. The second-order valence-corrected chi connectivity index (χ2v) is 7.22. The van der Waals surface area contributed by atoms with Crippen molar-refractivity contribution in [2.45, 2.75) is 57.8 Å². The van der Waals surface area contributed by atoms with Crippen molar-refractivity contribution in [2.75, 3.05) is 0 Å². The van der Waals surface area contributed by atoms with E-state index in [1.165, 1.54) is 12.1 Å². The number of aromatic carboxylic acids is 1. The van der Waals surface area contributed by atoms with Gasteiger partial charge in [0, 0.05) is 11.8 Å². The van der Waals surface area contributed by atoms with Crippen LogP contribution in [0.3, 0.4) is 0 Å². The first-order chi connectivity index (χ1) is 10.2. The van der Waals surface area contributed by atoms with E-state index >= 15 is 0 Å². The first-order valence-corrected chi connectivity index (χ1v) is 7.60. The molecule has 5 heteroatoms. The number of fused-ring (bicyclic) bond motifs is 2. The second-order valence-electron chi connectivity index (χ2n) is 7.22. The van der Waals surface area contributed by atoms with Gasteiger partial charge in [0.1, 0.15) is 5.60 Å². The fraction of sp³-hybridized carbons (Fsp3) is 0.588. The summed E-state index contributed by atoms with van der Waals surface area (Å²) in [5, 5.41) is 9.09. The third kappa shape index (κ3) is 2.28. The average Bonchev–Trinajstić information content (AvgIpc) is 3.01. The Bertz CT molecular complexity index is 607. The molecule has 0 aliphatic carbocycles. The minimum atomic E-state index is -1.10. The molecule has 2 bridgehead atoms. The van der Waals surface area contributed by atoms with Crippen LogP contribution in [0.4, 0.5) is 4.39 Å². The molecule has 2 heterocycles. The number of carbonyl (C=O) groups is 1. The number of carboxylic acid groups (broad SMARTS) is 1. The summed E-state index contributed by atoms with van der Waals surface area (Å²) in [6, 6.07) is 3.64. The molecule has 2 fully saturated rings. The van der Waals surface area contributed by atoms with Gasteiger partial charge in [-0.15, -0.1) is 0 Å². The van der Waals surface area contributed by atoms with Crippen LogP contribution in [0, 0.1) is 11.2 Å². The molecule has 0 saturated carbocycles. The van der Waals surface area contributed by atoms with Crippen molar-refractivity contribution in [1.29, 1.82) is 0 Å². The van der Waals surface area contributed by atoms with Crippen molar-refractivity contribution >= 4 is 5.97 Å². The molecule has 2 saturated heterocycles. The Morgan fingerprint density at radius 3 is 2.64 bits per heavy atom. The normalized spacial score (nSPS) is 30.5. The predicted octanol–water partition coefficient (Wildman–Crippen LogP) is 3.64. The molecule has 0 aromatic heterocycles. The summed E-state index contributed by atoms with van der Waals surface area (Å²) in [5.41, 5.74) is -0.864. The molecule has 1 N–H and O–H groups in total. The minimum Gasteiger partial charge on any atom is -0.481 e. The van der Waals surface area contributed by atoms with Gasteiger partial charge in [-0.05, 0) is 31.0 Å². The molecular formula is C17H21FO4. The van der Waals surface area contributed by atoms with E-state index in [2.05, 4.69) is 20.8 Å². The molecule has 3 rings (SSSR count). The largest absolute Gasteiger partial charge is 0.481 e. The molecule has 22 heavy (non-hydrogen) atoms. The molecule has 1 aromatic carbocycles. The van der Waals surface area contributed by atoms with Gasteiger partial charge in [0.2, 0.25) is 0 Å². The lowest BCUT2D eigenvalue weighted by molar-refractivity contribution is -0.0837. The number of halogens is 1. The Balaban J connectivity index is 1.99. The maximum absolute atomic E-state index is 14.1. The fourth-order valence-corrected chi connectivity index (χ4v) is 3.63. The van der Waals surface area contributed by atoms with Crippen LogP contribution in [0.15, 0.2) is 18.2 Å². The summed E-state index contributed by atoms with van der Waals surface area (Å²) in [4.78, 5) is 11.1. The molecule has 0 amide bonds. The summed E-state index contributed by atoms with van der Waals surface area (Å²) in [7, 11) is 0. The third-order valence-electron chi connectivity index (χ3n) is 4.90. The summed E-state index contributed by atoms with van der Waals surface area (Å²) >= 11 is 0. The summed E-state index contributed by atoms with van der Waals surface area (Å²) in [6.07, 6.45) is 2.67. The van der Waals surface area contributed by atoms with Crippen molar-refractivity contribution in [3.05, 3.63) is 29.6 Å². The lowest BCUT2D eigenvalue weighted by Crippen LogP contribution is -2.55. The first kappa shape index (κ1) is 15.3. The number of rotatable bonds is 3. The number of hydrogen-bond donors (Lipinski definition) is 1. The first-order valence-electron chi connectivity index (χ1n) is 7.60. The van der Waals surface area contributed by atoms with Crippen molar-refractivity contribution in [2.24, 2.45) is 5.41 Å². The molecular weight excluding hydrogens is 287 g/mol. The van der Waals surface area contributed by atoms with Gasteiger partial charge >= 0.3 is 5.97 Å². The third-order valence-corrected chi connectivity index (χ3v) is 4.90. The molecule has 120 valence electrons. The van der Waals surface area contributed by atoms with Crippen LogP contribution in [0.25, 0.3) is 0 Å². The summed E-state index contributed by atoms with van der Waals surface area (Å²) in [5.74, 6) is -1.65. The SMILES string of the molecule is CC(C)(C)C1(Oc2cc(C(=O)O)ccc2F)CC2CCC1O2. The van der Waals surface area contributed by atoms with Crippen LogP contribution in [0.2, 0.25) is 0 Å². The van der Waals surface area contributed by atoms with Gasteiger partial charge in [-0.25, -0.2) is 9.18 Å². The van der Waals surface area contributed by atoms with Crippen LogP contribution >= 0.6 is 0 Å². The Morgan fingerprint density at radius 2 is 2.14 bits per heavy atom. The van der Waals surface area contributed by atoms with Crippen LogP contribution in [0.1, 0.15) is 50.4 Å². The quantitative estimate of drug-likeness (QED) is 0.926. The second kappa shape index (κ2) is 4.95. The maximum Gasteiger partial charge on any atom is 0.335 e. The number of benzene rings is 1. The van der Waals surface area contributed by atoms with E-state index in [4.69, 9.17) is 14.6 Å². The predicted molar refractivity (Wildman–Crippen MR) is 78.7 cm³/mol. The van der Waals surface area contributed by atoms with Crippen LogP contribution in [-0.4, -0.2) is 28.9 Å². The highest BCUT2D eigenvalue weighted by Gasteiger charge is 2.60. The molecule has 2 aliphatic rings. The van der Waals surface area contributed by atoms with Crippen molar-refractivity contribution in [3.8, 4) is 5.75 Å². The van der Waals surface area contributed by atoms with E-state index in [0.29, 0.717) is 6.42 Å². The highest BCUT2D eigenvalue weighted by atomic mass is 19.1. The van der Waals surface area contributed by atoms with E-state index in [0.717, 1.165) is 18.9 Å². The molecule has 3 atom stereocenters. The lowest BCUT2D eigenvalue weighted by atomic mass is 9.68. The molecule has 4 nitrogen and oxygen atoms in total. The lowest BCUT2D eigenvalue weighted by Gasteiger charge is -2.45. The average molecular weight is 308 g/mol. The van der Waals surface area contributed by atoms with Gasteiger partial charge in [-0.3, -0.25) is 0 Å². The van der Waals surface area contributed by atoms with Crippen LogP contribution in [-0.2, 0) is 4.74 Å². The van der Waals surface area contributed by atoms with E-state index in [1.54, 1.807) is 0 Å². The highest BCUT2D eigenvalue weighted by Crippen LogP contribution is 2.53. The highest BCUT2D eigenvalue weighted by molar-refractivity contribution is 5.88. The molecule has 0 radical (unpaired) electrons. The van der Waals surface area contributed by atoms with Gasteiger partial charge < -0.3 is 14.6 Å². The number of hydrogen-bond acceptors (Lipinski definition) is 3. The molecule has 1 aromatic rings. The van der Waals surface area contributed by atoms with Crippen molar-refractivity contribution in [1.82, 2.24) is 0 Å². The monoisotopic (exact) mass is 308 g/mol. The van der Waals surface area contributed by atoms with Gasteiger partial charge in [0.15, 0.2) is 11.6 Å². The van der Waals surface area contributed by atoms with Gasteiger partial charge in [-0.1, -0.05) is 20.8 Å². The maximum atomic E-state index is 14.1. The van der Waals surface area contributed by atoms with E-state index < -0.39 is 17.4 Å². The zero-order chi connectivity index (χ0) is 16.1. The summed E-state index contributed by atoms with van der Waals surface area (Å²) in [6.45, 7) is 6.15. The van der Waals surface area contributed by atoms with Gasteiger partial charge in [-0.2, -0.15) is 0 Å². The number of ether oxygens (including phenoxy) is 2. The Kier molecular flexibility index (Phi) is 3.44. The summed E-state index contributed by atoms with van der Waals surface area (Å²) < 4.78 is 26.2. The van der Waals surface area contributed by atoms with E-state index in [9.17, 15) is 9.18 Å². The van der Waals surface area contributed by atoms with E-state index in [-0.39, 0.29) is 28.9 Å². The Labute approximate surface area is 129 Å². The topological polar surface area (TPSA) is 55.8 Å².